The summed E-state index contributed by atoms with van der Waals surface area (Å²) in [7, 11) is 0. The Kier molecular flexibility index (Phi) is 9.42. The molecule has 4 aliphatic rings. The van der Waals surface area contributed by atoms with Gasteiger partial charge in [-0.2, -0.15) is 0 Å². The maximum atomic E-state index is 5.26. The fraction of sp³-hybridized carbons (Fsp3) is 0.167. The number of benzene rings is 3. The summed E-state index contributed by atoms with van der Waals surface area (Å²) in [5.41, 5.74) is 14.5. The Morgan fingerprint density at radius 1 is 0.580 bits per heavy atom. The zero-order valence-electron chi connectivity index (χ0n) is 28.5. The van der Waals surface area contributed by atoms with Crippen molar-refractivity contribution in [3.63, 3.8) is 0 Å². The molecule has 2 unspecified atom stereocenters. The minimum atomic E-state index is 0.275. The van der Waals surface area contributed by atoms with Crippen molar-refractivity contribution in [3.8, 4) is 22.4 Å². The van der Waals surface area contributed by atoms with E-state index in [0.29, 0.717) is 5.92 Å². The first-order valence-corrected chi connectivity index (χ1v) is 18.1. The van der Waals surface area contributed by atoms with E-state index >= 15 is 0 Å². The summed E-state index contributed by atoms with van der Waals surface area (Å²) in [5.74, 6) is 0.778. The molecular weight excluding hydrogens is 605 g/mol. The Morgan fingerprint density at radius 3 is 2.10 bits per heavy atom. The highest BCUT2D eigenvalue weighted by molar-refractivity contribution is 6.06. The Hall–Kier alpha value is -5.60. The first-order chi connectivity index (χ1) is 24.8. The minimum absolute atomic E-state index is 0.275. The standard InChI is InChI=1S/C48H42N2/c1-4-12-35(13-5-1)36-25-29-40(30-26-36)45-19-11-33-49-48(45)43-31-27-38(28-32-43)37-21-23-39(24-22-37)44-18-10-20-46(41-14-6-2-7-15-41)50-47(34-44)42-16-8-3-9-17-42/h1-4,6-9,11-12,14-16,19-25,27-34,36,42H,5,10,13,17-18,26H2/b44-34+,46-20-,50-47+. The predicted molar refractivity (Wildman–Crippen MR) is 212 cm³/mol. The fourth-order valence-corrected chi connectivity index (χ4v) is 7.43. The molecule has 0 radical (unpaired) electrons. The average Bonchev–Trinajstić information content (AvgIpc) is 3.19. The van der Waals surface area contributed by atoms with Crippen LogP contribution < -0.4 is 0 Å². The molecule has 3 aliphatic carbocycles. The third kappa shape index (κ3) is 7.07. The van der Waals surface area contributed by atoms with Gasteiger partial charge in [-0.25, -0.2) is 0 Å². The number of pyridine rings is 1. The van der Waals surface area contributed by atoms with E-state index in [9.17, 15) is 0 Å². The Morgan fingerprint density at radius 2 is 1.38 bits per heavy atom. The number of hydrogen-bond donors (Lipinski definition) is 0. The van der Waals surface area contributed by atoms with Crippen LogP contribution in [0.1, 0.15) is 55.2 Å². The molecular formula is C48H42N2. The van der Waals surface area contributed by atoms with Gasteiger partial charge in [0.15, 0.2) is 0 Å². The van der Waals surface area contributed by atoms with Crippen LogP contribution >= 0.6 is 0 Å². The quantitative estimate of drug-likeness (QED) is 0.196. The molecule has 3 aromatic carbocycles. The van der Waals surface area contributed by atoms with Gasteiger partial charge in [0.25, 0.3) is 0 Å². The highest BCUT2D eigenvalue weighted by atomic mass is 14.8. The number of hydrogen-bond acceptors (Lipinski definition) is 2. The first-order valence-electron chi connectivity index (χ1n) is 18.1. The zero-order valence-corrected chi connectivity index (χ0v) is 28.5. The van der Waals surface area contributed by atoms with E-state index in [0.717, 1.165) is 54.8 Å². The van der Waals surface area contributed by atoms with Crippen molar-refractivity contribution in [1.82, 2.24) is 4.98 Å². The first kappa shape index (κ1) is 31.7. The van der Waals surface area contributed by atoms with Crippen LogP contribution in [0, 0.1) is 11.8 Å². The summed E-state index contributed by atoms with van der Waals surface area (Å²) in [6.07, 6.45) is 35.5. The van der Waals surface area contributed by atoms with Crippen LogP contribution in [-0.4, -0.2) is 10.7 Å². The highest BCUT2D eigenvalue weighted by Crippen LogP contribution is 2.36. The summed E-state index contributed by atoms with van der Waals surface area (Å²) >= 11 is 0. The largest absolute Gasteiger partial charge is 0.256 e. The molecule has 2 atom stereocenters. The van der Waals surface area contributed by atoms with Crippen molar-refractivity contribution in [1.29, 1.82) is 0 Å². The van der Waals surface area contributed by atoms with Gasteiger partial charge < -0.3 is 0 Å². The lowest BCUT2D eigenvalue weighted by molar-refractivity contribution is 0.713. The molecule has 8 rings (SSSR count). The van der Waals surface area contributed by atoms with Gasteiger partial charge in [0.1, 0.15) is 0 Å². The van der Waals surface area contributed by atoms with Gasteiger partial charge in [-0.1, -0.05) is 157 Å². The number of aromatic nitrogens is 1. The average molecular weight is 647 g/mol. The molecule has 4 aromatic rings. The molecule has 0 fully saturated rings. The van der Waals surface area contributed by atoms with Gasteiger partial charge in [0.2, 0.25) is 0 Å². The van der Waals surface area contributed by atoms with Gasteiger partial charge in [-0.3, -0.25) is 9.98 Å². The van der Waals surface area contributed by atoms with Crippen molar-refractivity contribution < 1.29 is 0 Å². The van der Waals surface area contributed by atoms with Crippen LogP contribution in [-0.2, 0) is 0 Å². The molecule has 2 heteroatoms. The molecule has 0 amide bonds. The smallest absolute Gasteiger partial charge is 0.0780 e. The second-order valence-corrected chi connectivity index (χ2v) is 13.5. The van der Waals surface area contributed by atoms with E-state index < -0.39 is 0 Å². The van der Waals surface area contributed by atoms with Gasteiger partial charge in [-0.05, 0) is 84.1 Å². The number of rotatable bonds is 7. The van der Waals surface area contributed by atoms with Crippen molar-refractivity contribution in [2.24, 2.45) is 16.8 Å². The van der Waals surface area contributed by atoms with E-state index in [1.807, 2.05) is 12.3 Å². The van der Waals surface area contributed by atoms with Crippen molar-refractivity contribution in [2.75, 3.05) is 0 Å². The van der Waals surface area contributed by atoms with E-state index in [4.69, 9.17) is 9.98 Å². The molecule has 0 spiro atoms. The van der Waals surface area contributed by atoms with E-state index in [1.54, 1.807) is 5.57 Å². The maximum Gasteiger partial charge on any atom is 0.0780 e. The lowest BCUT2D eigenvalue weighted by atomic mass is 9.84. The lowest BCUT2D eigenvalue weighted by Crippen LogP contribution is -2.12. The van der Waals surface area contributed by atoms with E-state index in [2.05, 4.69) is 158 Å². The number of aliphatic imine (C=N–C) groups is 1. The Balaban J connectivity index is 1.01. The zero-order chi connectivity index (χ0) is 33.5. The van der Waals surface area contributed by atoms with Gasteiger partial charge >= 0.3 is 0 Å². The van der Waals surface area contributed by atoms with Crippen LogP contribution in [0.5, 0.6) is 0 Å². The normalized spacial score (nSPS) is 23.3. The monoisotopic (exact) mass is 646 g/mol. The summed E-state index contributed by atoms with van der Waals surface area (Å²) in [6.45, 7) is 0. The summed E-state index contributed by atoms with van der Waals surface area (Å²) in [5, 5.41) is 0. The van der Waals surface area contributed by atoms with Gasteiger partial charge in [0, 0.05) is 34.9 Å². The molecule has 50 heavy (non-hydrogen) atoms. The molecule has 0 N–H and O–H groups in total. The van der Waals surface area contributed by atoms with Crippen molar-refractivity contribution in [2.45, 2.75) is 38.5 Å². The van der Waals surface area contributed by atoms with Crippen LogP contribution in [0.4, 0.5) is 0 Å². The highest BCUT2D eigenvalue weighted by Gasteiger charge is 2.19. The third-order valence-electron chi connectivity index (χ3n) is 10.2. The molecule has 244 valence electrons. The third-order valence-corrected chi connectivity index (χ3v) is 10.2. The van der Waals surface area contributed by atoms with Crippen molar-refractivity contribution in [3.05, 3.63) is 192 Å². The fourth-order valence-electron chi connectivity index (χ4n) is 7.43. The second-order valence-electron chi connectivity index (χ2n) is 13.5. The maximum absolute atomic E-state index is 5.26. The van der Waals surface area contributed by atoms with Crippen LogP contribution in [0.15, 0.2) is 181 Å². The molecule has 2 nitrogen and oxygen atoms in total. The minimum Gasteiger partial charge on any atom is -0.256 e. The van der Waals surface area contributed by atoms with Gasteiger partial charge in [0.05, 0.1) is 11.4 Å². The number of allylic oxidation sites excluding steroid dienone is 15. The second kappa shape index (κ2) is 14.9. The predicted octanol–water partition coefficient (Wildman–Crippen LogP) is 12.4. The number of nitrogens with zero attached hydrogens (tertiary/aromatic N) is 2. The Labute approximate surface area is 296 Å². The topological polar surface area (TPSA) is 25.2 Å². The molecule has 0 bridgehead atoms. The van der Waals surface area contributed by atoms with Crippen molar-refractivity contribution >= 4 is 22.6 Å². The molecule has 2 heterocycles. The molecule has 1 aromatic heterocycles. The summed E-state index contributed by atoms with van der Waals surface area (Å²) in [6, 6.07) is 32.8. The summed E-state index contributed by atoms with van der Waals surface area (Å²) < 4.78 is 0. The summed E-state index contributed by atoms with van der Waals surface area (Å²) in [4.78, 5) is 10.1. The van der Waals surface area contributed by atoms with Crippen LogP contribution in [0.3, 0.4) is 0 Å². The van der Waals surface area contributed by atoms with Crippen LogP contribution in [0.2, 0.25) is 0 Å². The van der Waals surface area contributed by atoms with Gasteiger partial charge in [-0.15, -0.1) is 0 Å². The van der Waals surface area contributed by atoms with E-state index in [-0.39, 0.29) is 5.92 Å². The molecule has 1 aliphatic heterocycles. The SMILES string of the molecule is C1=CCCC(C2C=CC(c3cccnc3-c3ccc(-c4ccc(/C5=C/C(C6C=CC=CC6)=N\C(c6ccccc6)=C/CC5)cc4)cc3)=CC2)=C1. The molecule has 0 saturated heterocycles. The van der Waals surface area contributed by atoms with E-state index in [1.165, 1.54) is 45.4 Å². The lowest BCUT2D eigenvalue weighted by Gasteiger charge is -2.21. The Bertz CT molecular complexity index is 2130. The van der Waals surface area contributed by atoms with Crippen LogP contribution in [0.25, 0.3) is 39.2 Å². The molecule has 0 saturated carbocycles.